The minimum atomic E-state index is -5.09. The first-order valence-corrected chi connectivity index (χ1v) is 13.6. The Bertz CT molecular complexity index is 1220. The molecule has 1 amide bonds. The van der Waals surface area contributed by atoms with Crippen LogP contribution >= 0.6 is 0 Å². The van der Waals surface area contributed by atoms with E-state index >= 15 is 0 Å². The van der Waals surface area contributed by atoms with Crippen LogP contribution in [0, 0.1) is 5.92 Å². The van der Waals surface area contributed by atoms with Crippen molar-refractivity contribution in [3.05, 3.63) is 69.8 Å². The van der Waals surface area contributed by atoms with E-state index in [9.17, 15) is 48.7 Å². The molecule has 43 heavy (non-hydrogen) atoms. The number of amides is 1. The third kappa shape index (κ3) is 9.23. The number of nitrogens with zero attached hydrogens (tertiary/aromatic N) is 1. The maximum absolute atomic E-state index is 13.3. The SMILES string of the molecule is CC(C)Cc1ccc(C(F)(F)F)cc1CN1C(=O)OC(c2cc(C(F)(F)F)cc(C(F)(F)F)c2)C1C.FC1CCNCC1. The van der Waals surface area contributed by atoms with Gasteiger partial charge in [0, 0.05) is 6.54 Å². The first-order valence-electron chi connectivity index (χ1n) is 13.6. The fourth-order valence-electron chi connectivity index (χ4n) is 4.86. The van der Waals surface area contributed by atoms with Crippen LogP contribution < -0.4 is 5.32 Å². The van der Waals surface area contributed by atoms with Gasteiger partial charge >= 0.3 is 24.6 Å². The van der Waals surface area contributed by atoms with Crippen molar-refractivity contribution in [3.63, 3.8) is 0 Å². The number of hydrogen-bond acceptors (Lipinski definition) is 3. The second kappa shape index (κ2) is 13.3. The monoisotopic (exact) mass is 630 g/mol. The van der Waals surface area contributed by atoms with Gasteiger partial charge in [0.05, 0.1) is 22.7 Å². The zero-order valence-electron chi connectivity index (χ0n) is 23.6. The van der Waals surface area contributed by atoms with Crippen LogP contribution in [0.1, 0.15) is 73.1 Å². The van der Waals surface area contributed by atoms with Crippen molar-refractivity contribution in [1.82, 2.24) is 10.2 Å². The smallest absolute Gasteiger partial charge is 0.416 e. The molecule has 2 saturated heterocycles. The standard InChI is InChI=1S/C24H22F9NO2.C5H10FN/c1-12(2)6-14-4-5-17(22(25,26)27)9-16(14)11-34-13(3)20(36-21(34)35)15-7-18(23(28,29)30)10-19(8-15)24(31,32)33;6-5-1-3-7-4-2-5/h4-5,7-10,12-13,20H,6,11H2,1-3H3;5,7H,1-4H2. The highest BCUT2D eigenvalue weighted by atomic mass is 19.4. The molecule has 14 heteroatoms. The van der Waals surface area contributed by atoms with Gasteiger partial charge in [0.25, 0.3) is 0 Å². The van der Waals surface area contributed by atoms with Crippen LogP contribution in [-0.2, 0) is 36.2 Å². The quantitative estimate of drug-likeness (QED) is 0.336. The van der Waals surface area contributed by atoms with Crippen molar-refractivity contribution in [2.75, 3.05) is 13.1 Å². The van der Waals surface area contributed by atoms with E-state index in [1.807, 2.05) is 13.8 Å². The number of hydrogen-bond donors (Lipinski definition) is 1. The number of alkyl halides is 10. The van der Waals surface area contributed by atoms with Gasteiger partial charge in [-0.25, -0.2) is 9.18 Å². The Morgan fingerprint density at radius 3 is 1.81 bits per heavy atom. The summed E-state index contributed by atoms with van der Waals surface area (Å²) in [5.41, 5.74) is -3.92. The molecule has 2 unspecified atom stereocenters. The van der Waals surface area contributed by atoms with Gasteiger partial charge in [-0.2, -0.15) is 39.5 Å². The van der Waals surface area contributed by atoms with Gasteiger partial charge in [-0.1, -0.05) is 19.9 Å². The molecule has 1 N–H and O–H groups in total. The first-order chi connectivity index (χ1) is 19.8. The highest BCUT2D eigenvalue weighted by molar-refractivity contribution is 5.71. The van der Waals surface area contributed by atoms with Crippen molar-refractivity contribution in [1.29, 1.82) is 0 Å². The van der Waals surface area contributed by atoms with Gasteiger partial charge in [-0.05, 0) is 92.2 Å². The molecule has 2 fully saturated rings. The topological polar surface area (TPSA) is 41.6 Å². The van der Waals surface area contributed by atoms with Crippen LogP contribution in [0.5, 0.6) is 0 Å². The van der Waals surface area contributed by atoms with Crippen molar-refractivity contribution >= 4 is 6.09 Å². The lowest BCUT2D eigenvalue weighted by Gasteiger charge is -2.24. The summed E-state index contributed by atoms with van der Waals surface area (Å²) in [5.74, 6) is 0.0575. The summed E-state index contributed by atoms with van der Waals surface area (Å²) in [5, 5.41) is 3.08. The molecule has 0 spiro atoms. The number of cyclic esters (lactones) is 1. The first kappa shape index (κ1) is 34.5. The fraction of sp³-hybridized carbons (Fsp3) is 0.552. The predicted octanol–water partition coefficient (Wildman–Crippen LogP) is 8.73. The number of rotatable bonds is 5. The Balaban J connectivity index is 0.000000633. The van der Waals surface area contributed by atoms with E-state index in [0.717, 1.165) is 30.1 Å². The second-order valence-corrected chi connectivity index (χ2v) is 11.0. The fourth-order valence-corrected chi connectivity index (χ4v) is 4.86. The molecule has 0 radical (unpaired) electrons. The molecule has 0 aromatic heterocycles. The zero-order chi connectivity index (χ0) is 32.3. The van der Waals surface area contributed by atoms with E-state index in [-0.39, 0.29) is 24.1 Å². The van der Waals surface area contributed by atoms with E-state index in [2.05, 4.69) is 5.32 Å². The molecule has 2 aliphatic heterocycles. The van der Waals surface area contributed by atoms with Crippen molar-refractivity contribution in [2.24, 2.45) is 5.92 Å². The summed E-state index contributed by atoms with van der Waals surface area (Å²) in [6.07, 6.45) is -16.1. The number of piperidine rings is 1. The summed E-state index contributed by atoms with van der Waals surface area (Å²) < 4.78 is 137. The van der Waals surface area contributed by atoms with E-state index in [1.165, 1.54) is 13.0 Å². The number of nitrogens with one attached hydrogen (secondary N) is 1. The molecular formula is C29H32F10N2O2. The maximum Gasteiger partial charge on any atom is 0.416 e. The zero-order valence-corrected chi connectivity index (χ0v) is 23.6. The summed E-state index contributed by atoms with van der Waals surface area (Å²) in [7, 11) is 0. The van der Waals surface area contributed by atoms with Crippen molar-refractivity contribution in [3.8, 4) is 0 Å². The highest BCUT2D eigenvalue weighted by Gasteiger charge is 2.43. The minimum absolute atomic E-state index is 0.0382. The molecule has 2 atom stereocenters. The number of carbonyl (C=O) groups is 1. The molecular weight excluding hydrogens is 598 g/mol. The molecule has 4 nitrogen and oxygen atoms in total. The number of ether oxygens (including phenoxy) is 1. The Kier molecular flexibility index (Phi) is 10.7. The Labute approximate surface area is 242 Å². The summed E-state index contributed by atoms with van der Waals surface area (Å²) in [6.45, 7) is 6.39. The largest absolute Gasteiger partial charge is 0.439 e. The molecule has 2 heterocycles. The molecule has 0 saturated carbocycles. The van der Waals surface area contributed by atoms with E-state index in [1.54, 1.807) is 0 Å². The van der Waals surface area contributed by atoms with Gasteiger partial charge in [-0.3, -0.25) is 4.90 Å². The van der Waals surface area contributed by atoms with Crippen LogP contribution in [0.3, 0.4) is 0 Å². The lowest BCUT2D eigenvalue weighted by Crippen LogP contribution is -2.32. The highest BCUT2D eigenvalue weighted by Crippen LogP contribution is 2.41. The minimum Gasteiger partial charge on any atom is -0.439 e. The number of carbonyl (C=O) groups excluding carboxylic acids is 1. The Hall–Kier alpha value is -3.03. The van der Waals surface area contributed by atoms with Crippen LogP contribution in [0.25, 0.3) is 0 Å². The average Bonchev–Trinajstić information content (AvgIpc) is 3.16. The average molecular weight is 631 g/mol. The van der Waals surface area contributed by atoms with Gasteiger partial charge in [-0.15, -0.1) is 0 Å². The molecule has 2 aliphatic rings. The number of benzene rings is 2. The third-order valence-corrected chi connectivity index (χ3v) is 7.10. The Morgan fingerprint density at radius 1 is 0.837 bits per heavy atom. The molecule has 2 aromatic rings. The van der Waals surface area contributed by atoms with E-state index in [4.69, 9.17) is 4.74 Å². The van der Waals surface area contributed by atoms with Gasteiger partial charge < -0.3 is 10.1 Å². The number of halogens is 10. The maximum atomic E-state index is 13.3. The molecule has 4 rings (SSSR count). The van der Waals surface area contributed by atoms with Crippen LogP contribution in [0.2, 0.25) is 0 Å². The summed E-state index contributed by atoms with van der Waals surface area (Å²) in [6, 6.07) is 2.94. The molecule has 0 aliphatic carbocycles. The van der Waals surface area contributed by atoms with E-state index in [0.29, 0.717) is 37.0 Å². The molecule has 0 bridgehead atoms. The van der Waals surface area contributed by atoms with Crippen LogP contribution in [0.15, 0.2) is 36.4 Å². The second-order valence-electron chi connectivity index (χ2n) is 11.0. The molecule has 240 valence electrons. The predicted molar refractivity (Wildman–Crippen MR) is 138 cm³/mol. The van der Waals surface area contributed by atoms with Gasteiger partial charge in [0.2, 0.25) is 0 Å². The van der Waals surface area contributed by atoms with Crippen LogP contribution in [-0.4, -0.2) is 36.3 Å². The van der Waals surface area contributed by atoms with Crippen LogP contribution in [0.4, 0.5) is 48.7 Å². The normalized spacial score (nSPS) is 20.2. The van der Waals surface area contributed by atoms with Crippen molar-refractivity contribution in [2.45, 2.75) is 83.4 Å². The summed E-state index contributed by atoms with van der Waals surface area (Å²) in [4.78, 5) is 13.6. The lowest BCUT2D eigenvalue weighted by molar-refractivity contribution is -0.143. The Morgan fingerprint density at radius 2 is 1.37 bits per heavy atom. The van der Waals surface area contributed by atoms with Gasteiger partial charge in [0.1, 0.15) is 12.3 Å². The summed E-state index contributed by atoms with van der Waals surface area (Å²) >= 11 is 0. The van der Waals surface area contributed by atoms with E-state index < -0.39 is 65.2 Å². The third-order valence-electron chi connectivity index (χ3n) is 7.10. The molecule has 2 aromatic carbocycles. The van der Waals surface area contributed by atoms with Gasteiger partial charge in [0.15, 0.2) is 0 Å². The lowest BCUT2D eigenvalue weighted by atomic mass is 9.94. The van der Waals surface area contributed by atoms with Crippen molar-refractivity contribution < 1.29 is 53.4 Å².